The van der Waals surface area contributed by atoms with Crippen molar-refractivity contribution in [3.63, 3.8) is 0 Å². The van der Waals surface area contributed by atoms with Crippen LogP contribution in [0.5, 0.6) is 0 Å². The van der Waals surface area contributed by atoms with E-state index in [0.717, 1.165) is 4.90 Å². The van der Waals surface area contributed by atoms with Crippen LogP contribution in [0.25, 0.3) is 0 Å². The van der Waals surface area contributed by atoms with Crippen LogP contribution in [0.1, 0.15) is 18.0 Å². The number of likely N-dealkylation sites (tertiary alicyclic amines) is 1. The molecule has 0 aliphatic carbocycles. The summed E-state index contributed by atoms with van der Waals surface area (Å²) in [5.74, 6) is -3.90. The maximum Gasteiger partial charge on any atom is 0.325 e. The van der Waals surface area contributed by atoms with Crippen LogP contribution in [-0.4, -0.2) is 56.3 Å². The molecule has 0 amide bonds. The van der Waals surface area contributed by atoms with Gasteiger partial charge in [-0.1, -0.05) is 30.3 Å². The van der Waals surface area contributed by atoms with Crippen LogP contribution < -0.4 is 5.73 Å². The predicted molar refractivity (Wildman–Crippen MR) is 74.1 cm³/mol. The van der Waals surface area contributed by atoms with Crippen molar-refractivity contribution in [2.24, 2.45) is 5.73 Å². The van der Waals surface area contributed by atoms with Gasteiger partial charge in [-0.15, -0.1) is 0 Å². The van der Waals surface area contributed by atoms with E-state index in [1.54, 1.807) is 30.3 Å². The Kier molecular flexibility index (Phi) is 4.16. The lowest BCUT2D eigenvalue weighted by molar-refractivity contribution is -0.149. The number of carboxylic acid groups (broad SMARTS) is 3. The Balaban J connectivity index is 2.43. The number of hydrogen-bond donors (Lipinski definition) is 4. The third-order valence-corrected chi connectivity index (χ3v) is 3.81. The quantitative estimate of drug-likeness (QED) is 0.583. The highest BCUT2D eigenvalue weighted by atomic mass is 16.4. The molecule has 1 fully saturated rings. The highest BCUT2D eigenvalue weighted by Gasteiger charge is 2.53. The van der Waals surface area contributed by atoms with Gasteiger partial charge < -0.3 is 21.1 Å². The summed E-state index contributed by atoms with van der Waals surface area (Å²) < 4.78 is 0. The average Bonchev–Trinajstić information content (AvgIpc) is 2.79. The standard InChI is InChI=1S/C14H16N2O6/c15-14(13(21)22)6-9(11(17)18)16(7-14)10(12(19)20)8-4-2-1-3-5-8/h1-5,9-10H,6-7,15H2,(H,17,18)(H,19,20)(H,21,22)/t9?,10?,14-/m1/s1. The molecule has 22 heavy (non-hydrogen) atoms. The zero-order valence-electron chi connectivity index (χ0n) is 11.5. The lowest BCUT2D eigenvalue weighted by Crippen LogP contribution is -2.50. The molecule has 0 spiro atoms. The molecule has 1 aromatic carbocycles. The Bertz CT molecular complexity index is 605. The number of hydrogen-bond acceptors (Lipinski definition) is 5. The zero-order valence-corrected chi connectivity index (χ0v) is 11.5. The third-order valence-electron chi connectivity index (χ3n) is 3.81. The van der Waals surface area contributed by atoms with Crippen LogP contribution in [-0.2, 0) is 14.4 Å². The van der Waals surface area contributed by atoms with Crippen molar-refractivity contribution >= 4 is 17.9 Å². The fourth-order valence-corrected chi connectivity index (χ4v) is 2.73. The van der Waals surface area contributed by atoms with Crippen molar-refractivity contribution in [1.82, 2.24) is 4.90 Å². The van der Waals surface area contributed by atoms with Crippen LogP contribution in [0.15, 0.2) is 30.3 Å². The fourth-order valence-electron chi connectivity index (χ4n) is 2.73. The molecule has 118 valence electrons. The van der Waals surface area contributed by atoms with E-state index >= 15 is 0 Å². The van der Waals surface area contributed by atoms with E-state index in [0.29, 0.717) is 5.56 Å². The minimum atomic E-state index is -1.79. The first kappa shape index (κ1) is 15.9. The van der Waals surface area contributed by atoms with Crippen LogP contribution in [0, 0.1) is 0 Å². The van der Waals surface area contributed by atoms with E-state index in [2.05, 4.69) is 0 Å². The zero-order chi connectivity index (χ0) is 16.5. The van der Waals surface area contributed by atoms with E-state index in [9.17, 15) is 29.7 Å². The van der Waals surface area contributed by atoms with Gasteiger partial charge in [0.25, 0.3) is 0 Å². The highest BCUT2D eigenvalue weighted by molar-refractivity contribution is 5.85. The van der Waals surface area contributed by atoms with Crippen molar-refractivity contribution in [3.8, 4) is 0 Å². The minimum Gasteiger partial charge on any atom is -0.480 e. The van der Waals surface area contributed by atoms with E-state index in [4.69, 9.17) is 5.73 Å². The van der Waals surface area contributed by atoms with Crippen molar-refractivity contribution in [2.75, 3.05) is 6.54 Å². The molecule has 5 N–H and O–H groups in total. The number of nitrogens with zero attached hydrogens (tertiary/aromatic N) is 1. The highest BCUT2D eigenvalue weighted by Crippen LogP contribution is 2.34. The molecule has 0 bridgehead atoms. The molecule has 1 saturated heterocycles. The lowest BCUT2D eigenvalue weighted by Gasteiger charge is -2.28. The van der Waals surface area contributed by atoms with E-state index in [1.165, 1.54) is 0 Å². The molecule has 1 aromatic rings. The number of rotatable bonds is 5. The number of benzene rings is 1. The second kappa shape index (κ2) is 5.74. The van der Waals surface area contributed by atoms with E-state index in [-0.39, 0.29) is 13.0 Å². The van der Waals surface area contributed by atoms with Gasteiger partial charge in [-0.05, 0) is 5.56 Å². The Labute approximate surface area is 125 Å². The largest absolute Gasteiger partial charge is 0.480 e. The Hall–Kier alpha value is -2.45. The topological polar surface area (TPSA) is 141 Å². The SMILES string of the molecule is N[C@]1(C(=O)O)CC(C(=O)O)N(C(C(=O)O)c2ccccc2)C1. The molecule has 0 saturated carbocycles. The molecule has 0 radical (unpaired) electrons. The summed E-state index contributed by atoms with van der Waals surface area (Å²) in [5, 5.41) is 28.0. The summed E-state index contributed by atoms with van der Waals surface area (Å²) in [5.41, 5.74) is 4.32. The predicted octanol–water partition coefficient (Wildman–Crippen LogP) is -0.247. The average molecular weight is 308 g/mol. The van der Waals surface area contributed by atoms with Gasteiger partial charge >= 0.3 is 17.9 Å². The number of carbonyl (C=O) groups is 3. The first-order valence-electron chi connectivity index (χ1n) is 6.55. The minimum absolute atomic E-state index is 0.353. The van der Waals surface area contributed by atoms with E-state index in [1.807, 2.05) is 0 Å². The first-order chi connectivity index (χ1) is 10.3. The van der Waals surface area contributed by atoms with E-state index < -0.39 is 35.5 Å². The molecule has 2 unspecified atom stereocenters. The van der Waals surface area contributed by atoms with Crippen LogP contribution >= 0.6 is 0 Å². The second-order valence-electron chi connectivity index (χ2n) is 5.34. The summed E-state index contributed by atoms with van der Waals surface area (Å²) in [4.78, 5) is 35.4. The fraction of sp³-hybridized carbons (Fsp3) is 0.357. The van der Waals surface area contributed by atoms with Crippen LogP contribution in [0.4, 0.5) is 0 Å². The normalized spacial score (nSPS) is 26.5. The van der Waals surface area contributed by atoms with Crippen LogP contribution in [0.2, 0.25) is 0 Å². The van der Waals surface area contributed by atoms with Gasteiger partial charge in [0.05, 0.1) is 0 Å². The lowest BCUT2D eigenvalue weighted by atomic mass is 9.98. The van der Waals surface area contributed by atoms with Gasteiger partial charge in [0.1, 0.15) is 17.6 Å². The van der Waals surface area contributed by atoms with Gasteiger partial charge in [0.2, 0.25) is 0 Å². The van der Waals surface area contributed by atoms with Crippen LogP contribution in [0.3, 0.4) is 0 Å². The third kappa shape index (κ3) is 2.78. The van der Waals surface area contributed by atoms with Gasteiger partial charge in [-0.3, -0.25) is 19.3 Å². The summed E-state index contributed by atoms with van der Waals surface area (Å²) in [6, 6.07) is 5.51. The van der Waals surface area contributed by atoms with Crippen molar-refractivity contribution in [2.45, 2.75) is 24.0 Å². The Morgan fingerprint density at radius 3 is 2.23 bits per heavy atom. The number of carboxylic acids is 3. The summed E-state index contributed by atoms with van der Waals surface area (Å²) in [6.45, 7) is -0.356. The Morgan fingerprint density at radius 1 is 1.18 bits per heavy atom. The molecule has 2 rings (SSSR count). The first-order valence-corrected chi connectivity index (χ1v) is 6.55. The summed E-state index contributed by atoms with van der Waals surface area (Å²) in [6.07, 6.45) is -0.353. The van der Waals surface area contributed by atoms with Gasteiger partial charge in [0.15, 0.2) is 0 Å². The molecular formula is C14H16N2O6. The molecule has 0 aromatic heterocycles. The molecule has 8 heteroatoms. The molecular weight excluding hydrogens is 292 g/mol. The maximum atomic E-state index is 11.6. The Morgan fingerprint density at radius 2 is 1.77 bits per heavy atom. The van der Waals surface area contributed by atoms with Gasteiger partial charge in [0, 0.05) is 13.0 Å². The molecule has 3 atom stereocenters. The van der Waals surface area contributed by atoms with Crippen molar-refractivity contribution < 1.29 is 29.7 Å². The molecule has 1 heterocycles. The molecule has 1 aliphatic heterocycles. The van der Waals surface area contributed by atoms with Gasteiger partial charge in [-0.2, -0.15) is 0 Å². The number of nitrogens with two attached hydrogens (primary N) is 1. The smallest absolute Gasteiger partial charge is 0.325 e. The summed E-state index contributed by atoms with van der Waals surface area (Å²) >= 11 is 0. The second-order valence-corrected chi connectivity index (χ2v) is 5.34. The number of aliphatic carboxylic acids is 3. The van der Waals surface area contributed by atoms with Crippen molar-refractivity contribution in [3.05, 3.63) is 35.9 Å². The van der Waals surface area contributed by atoms with Crippen molar-refractivity contribution in [1.29, 1.82) is 0 Å². The summed E-state index contributed by atoms with van der Waals surface area (Å²) in [7, 11) is 0. The monoisotopic (exact) mass is 308 g/mol. The molecule has 8 nitrogen and oxygen atoms in total. The maximum absolute atomic E-state index is 11.6. The van der Waals surface area contributed by atoms with Gasteiger partial charge in [-0.25, -0.2) is 0 Å². The molecule has 1 aliphatic rings.